The van der Waals surface area contributed by atoms with Gasteiger partial charge in [0.25, 0.3) is 0 Å². The van der Waals surface area contributed by atoms with Gasteiger partial charge in [-0.2, -0.15) is 0 Å². The Kier molecular flexibility index (Phi) is 6.93. The predicted molar refractivity (Wildman–Crippen MR) is 86.6 cm³/mol. The second kappa shape index (κ2) is 8.47. The highest BCUT2D eigenvalue weighted by molar-refractivity contribution is 5.00. The van der Waals surface area contributed by atoms with Crippen molar-refractivity contribution in [3.63, 3.8) is 0 Å². The van der Waals surface area contributed by atoms with E-state index in [9.17, 15) is 5.11 Å². The molecule has 0 aromatic rings. The summed E-state index contributed by atoms with van der Waals surface area (Å²) < 4.78 is 5.96. The summed E-state index contributed by atoms with van der Waals surface area (Å²) in [4.78, 5) is 2.62. The molecule has 0 aromatic heterocycles. The van der Waals surface area contributed by atoms with Crippen molar-refractivity contribution in [2.45, 2.75) is 76.5 Å². The third kappa shape index (κ3) is 4.65. The summed E-state index contributed by atoms with van der Waals surface area (Å²) in [5, 5.41) is 13.4. The van der Waals surface area contributed by atoms with Gasteiger partial charge in [0.2, 0.25) is 0 Å². The lowest BCUT2D eigenvalue weighted by atomic mass is 9.97. The van der Waals surface area contributed by atoms with E-state index in [4.69, 9.17) is 4.74 Å². The molecule has 0 aromatic carbocycles. The molecule has 21 heavy (non-hydrogen) atoms. The number of hydrogen-bond donors (Lipinski definition) is 2. The number of ether oxygens (including phenoxy) is 1. The highest BCUT2D eigenvalue weighted by atomic mass is 16.5. The summed E-state index contributed by atoms with van der Waals surface area (Å²) in [6.07, 6.45) is 8.51. The third-order valence-electron chi connectivity index (χ3n) is 5.12. The lowest BCUT2D eigenvalue weighted by Gasteiger charge is -2.38. The van der Waals surface area contributed by atoms with E-state index in [0.717, 1.165) is 45.4 Å². The Balaban J connectivity index is 1.84. The maximum Gasteiger partial charge on any atom is 0.0702 e. The number of nitrogens with one attached hydrogen (secondary N) is 1. The van der Waals surface area contributed by atoms with Gasteiger partial charge in [0.15, 0.2) is 0 Å². The molecule has 0 spiro atoms. The highest BCUT2D eigenvalue weighted by Crippen LogP contribution is 2.34. The smallest absolute Gasteiger partial charge is 0.0702 e. The van der Waals surface area contributed by atoms with Crippen molar-refractivity contribution in [1.82, 2.24) is 10.2 Å². The second-order valence-corrected chi connectivity index (χ2v) is 6.89. The minimum atomic E-state index is -0.0299. The average Bonchev–Trinajstić information content (AvgIpc) is 2.96. The zero-order chi connectivity index (χ0) is 15.1. The number of piperidine rings is 1. The van der Waals surface area contributed by atoms with Gasteiger partial charge in [0.05, 0.1) is 12.7 Å². The van der Waals surface area contributed by atoms with Gasteiger partial charge in [-0.1, -0.05) is 13.8 Å². The molecule has 4 heteroatoms. The zero-order valence-electron chi connectivity index (χ0n) is 13.9. The Morgan fingerprint density at radius 2 is 2.14 bits per heavy atom. The first-order chi connectivity index (χ1) is 10.2. The molecule has 1 saturated heterocycles. The summed E-state index contributed by atoms with van der Waals surface area (Å²) in [6.45, 7) is 8.81. The van der Waals surface area contributed by atoms with Crippen LogP contribution in [0, 0.1) is 0 Å². The van der Waals surface area contributed by atoms with Crippen LogP contribution in [0.4, 0.5) is 0 Å². The van der Waals surface area contributed by atoms with Crippen molar-refractivity contribution in [1.29, 1.82) is 0 Å². The Hall–Kier alpha value is -0.160. The van der Waals surface area contributed by atoms with Crippen LogP contribution in [-0.4, -0.2) is 60.5 Å². The van der Waals surface area contributed by atoms with Crippen LogP contribution in [0.5, 0.6) is 0 Å². The summed E-state index contributed by atoms with van der Waals surface area (Å²) in [7, 11) is 0. The predicted octanol–water partition coefficient (Wildman–Crippen LogP) is 2.16. The van der Waals surface area contributed by atoms with E-state index in [0.29, 0.717) is 12.1 Å². The van der Waals surface area contributed by atoms with Crippen LogP contribution < -0.4 is 5.32 Å². The van der Waals surface area contributed by atoms with Crippen LogP contribution in [0.3, 0.4) is 0 Å². The maximum absolute atomic E-state index is 9.82. The first kappa shape index (κ1) is 17.2. The van der Waals surface area contributed by atoms with Crippen molar-refractivity contribution >= 4 is 0 Å². The van der Waals surface area contributed by atoms with Crippen molar-refractivity contribution in [2.75, 3.05) is 32.8 Å². The number of aliphatic hydroxyl groups excluding tert-OH is 1. The molecular formula is C17H34N2O2. The van der Waals surface area contributed by atoms with Gasteiger partial charge in [-0.15, -0.1) is 0 Å². The van der Waals surface area contributed by atoms with Crippen LogP contribution in [-0.2, 0) is 4.74 Å². The average molecular weight is 298 g/mol. The largest absolute Gasteiger partial charge is 0.394 e. The Morgan fingerprint density at radius 1 is 1.29 bits per heavy atom. The van der Waals surface area contributed by atoms with Crippen LogP contribution in [0.2, 0.25) is 0 Å². The zero-order valence-corrected chi connectivity index (χ0v) is 13.9. The monoisotopic (exact) mass is 298 g/mol. The van der Waals surface area contributed by atoms with Crippen LogP contribution in [0.15, 0.2) is 0 Å². The van der Waals surface area contributed by atoms with E-state index in [1.54, 1.807) is 0 Å². The number of aliphatic hydroxyl groups is 1. The van der Waals surface area contributed by atoms with Crippen LogP contribution >= 0.6 is 0 Å². The van der Waals surface area contributed by atoms with Crippen molar-refractivity contribution in [3.8, 4) is 0 Å². The van der Waals surface area contributed by atoms with Crippen molar-refractivity contribution < 1.29 is 9.84 Å². The van der Waals surface area contributed by atoms with Crippen molar-refractivity contribution in [2.24, 2.45) is 0 Å². The molecule has 0 radical (unpaired) electrons. The highest BCUT2D eigenvalue weighted by Gasteiger charge is 2.41. The second-order valence-electron chi connectivity index (χ2n) is 6.89. The lowest BCUT2D eigenvalue weighted by molar-refractivity contribution is -0.0131. The number of rotatable bonds is 8. The van der Waals surface area contributed by atoms with Gasteiger partial charge in [0.1, 0.15) is 0 Å². The van der Waals surface area contributed by atoms with E-state index >= 15 is 0 Å². The molecule has 2 rings (SSSR count). The molecule has 4 nitrogen and oxygen atoms in total. The first-order valence-corrected chi connectivity index (χ1v) is 8.94. The fraction of sp³-hybridized carbons (Fsp3) is 1.00. The summed E-state index contributed by atoms with van der Waals surface area (Å²) in [5.41, 5.74) is -0.0299. The van der Waals surface area contributed by atoms with Crippen LogP contribution in [0.25, 0.3) is 0 Å². The van der Waals surface area contributed by atoms with E-state index in [-0.39, 0.29) is 12.1 Å². The molecule has 2 N–H and O–H groups in total. The summed E-state index contributed by atoms with van der Waals surface area (Å²) in [6, 6.07) is 0.620. The summed E-state index contributed by atoms with van der Waals surface area (Å²) >= 11 is 0. The molecule has 1 aliphatic heterocycles. The Bertz CT molecular complexity index is 301. The summed E-state index contributed by atoms with van der Waals surface area (Å²) in [5.74, 6) is 0. The van der Waals surface area contributed by atoms with Gasteiger partial charge in [-0.3, -0.25) is 4.90 Å². The molecule has 0 bridgehead atoms. The topological polar surface area (TPSA) is 44.7 Å². The maximum atomic E-state index is 9.82. The van der Waals surface area contributed by atoms with Gasteiger partial charge in [-0.25, -0.2) is 0 Å². The SMILES string of the molecule is CCCNC1(CO)CCC(N2CCCC(OCCC)C2)C1. The van der Waals surface area contributed by atoms with Gasteiger partial charge < -0.3 is 15.2 Å². The van der Waals surface area contributed by atoms with E-state index in [2.05, 4.69) is 24.1 Å². The van der Waals surface area contributed by atoms with Gasteiger partial charge in [0, 0.05) is 24.7 Å². The Morgan fingerprint density at radius 3 is 2.86 bits per heavy atom. The molecule has 0 amide bonds. The number of nitrogens with zero attached hydrogens (tertiary/aromatic N) is 1. The molecule has 3 unspecified atom stereocenters. The van der Waals surface area contributed by atoms with Crippen LogP contribution in [0.1, 0.15) is 58.8 Å². The lowest BCUT2D eigenvalue weighted by Crippen LogP contribution is -2.50. The number of likely N-dealkylation sites (tertiary alicyclic amines) is 1. The molecule has 2 aliphatic rings. The molecule has 1 saturated carbocycles. The van der Waals surface area contributed by atoms with Crippen molar-refractivity contribution in [3.05, 3.63) is 0 Å². The molecule has 124 valence electrons. The molecule has 3 atom stereocenters. The van der Waals surface area contributed by atoms with E-state index in [1.807, 2.05) is 0 Å². The fourth-order valence-electron chi connectivity index (χ4n) is 3.88. The first-order valence-electron chi connectivity index (χ1n) is 8.94. The standard InChI is InChI=1S/C17H34N2O2/c1-3-9-18-17(14-20)8-7-15(12-17)19-10-5-6-16(13-19)21-11-4-2/h15-16,18,20H,3-14H2,1-2H3. The quantitative estimate of drug-likeness (QED) is 0.721. The Labute approximate surface area is 130 Å². The van der Waals surface area contributed by atoms with Gasteiger partial charge in [-0.05, 0) is 58.0 Å². The number of hydrogen-bond acceptors (Lipinski definition) is 4. The molecule has 1 heterocycles. The van der Waals surface area contributed by atoms with E-state index < -0.39 is 0 Å². The van der Waals surface area contributed by atoms with E-state index in [1.165, 1.54) is 25.8 Å². The molecule has 1 aliphatic carbocycles. The fourth-order valence-corrected chi connectivity index (χ4v) is 3.88. The molecule has 2 fully saturated rings. The normalized spacial score (nSPS) is 34.4. The van der Waals surface area contributed by atoms with Gasteiger partial charge >= 0.3 is 0 Å². The third-order valence-corrected chi connectivity index (χ3v) is 5.12. The molecular weight excluding hydrogens is 264 g/mol. The minimum Gasteiger partial charge on any atom is -0.394 e. The minimum absolute atomic E-state index is 0.0299.